The largest absolute Gasteiger partial charge is 0.504 e. The molecule has 1 atom stereocenters. The summed E-state index contributed by atoms with van der Waals surface area (Å²) < 4.78 is 4.70. The number of nitro groups is 1. The Hall–Kier alpha value is -2.35. The lowest BCUT2D eigenvalue weighted by Crippen LogP contribution is -2.21. The topological polar surface area (TPSA) is 136 Å². The maximum absolute atomic E-state index is 10.7. The van der Waals surface area contributed by atoms with Gasteiger partial charge in [0.1, 0.15) is 6.04 Å². The van der Waals surface area contributed by atoms with Gasteiger partial charge in [0.05, 0.1) is 18.1 Å². The van der Waals surface area contributed by atoms with Gasteiger partial charge in [0.15, 0.2) is 11.5 Å². The number of rotatable bonds is 4. The van der Waals surface area contributed by atoms with Gasteiger partial charge < -0.3 is 20.7 Å². The van der Waals surface area contributed by atoms with E-state index in [2.05, 4.69) is 0 Å². The molecule has 8 heteroatoms. The van der Waals surface area contributed by atoms with Crippen molar-refractivity contribution in [2.45, 2.75) is 6.04 Å². The zero-order chi connectivity index (χ0) is 13.2. The number of aliphatic carboxylic acids is 1. The standard InChI is InChI=1S/C9H10N2O6/c1-17-6-3-4(11(15)16)2-5(8(6)12)7(10)9(13)14/h2-3,7,12H,10H2,1H3,(H,13,14)/t7-/m0/s1. The molecule has 0 aliphatic carbocycles. The number of non-ortho nitro benzene ring substituents is 1. The van der Waals surface area contributed by atoms with Gasteiger partial charge in [0.2, 0.25) is 0 Å². The van der Waals surface area contributed by atoms with Crippen LogP contribution >= 0.6 is 0 Å². The van der Waals surface area contributed by atoms with E-state index < -0.39 is 28.4 Å². The summed E-state index contributed by atoms with van der Waals surface area (Å²) in [4.78, 5) is 20.6. The number of hydrogen-bond donors (Lipinski definition) is 3. The minimum Gasteiger partial charge on any atom is -0.504 e. The third-order valence-corrected chi connectivity index (χ3v) is 2.12. The van der Waals surface area contributed by atoms with Gasteiger partial charge in [-0.25, -0.2) is 0 Å². The second-order valence-electron chi connectivity index (χ2n) is 3.16. The van der Waals surface area contributed by atoms with Crippen molar-refractivity contribution in [1.82, 2.24) is 0 Å². The predicted octanol–water partition coefficient (Wildman–Crippen LogP) is 0.393. The smallest absolute Gasteiger partial charge is 0.325 e. The van der Waals surface area contributed by atoms with Gasteiger partial charge in [-0.1, -0.05) is 0 Å². The lowest BCUT2D eigenvalue weighted by molar-refractivity contribution is -0.385. The molecule has 0 aliphatic heterocycles. The number of ether oxygens (including phenoxy) is 1. The maximum Gasteiger partial charge on any atom is 0.325 e. The molecular weight excluding hydrogens is 232 g/mol. The van der Waals surface area contributed by atoms with Crippen molar-refractivity contribution in [1.29, 1.82) is 0 Å². The van der Waals surface area contributed by atoms with Crippen LogP contribution in [0.4, 0.5) is 5.69 Å². The number of carbonyl (C=O) groups is 1. The summed E-state index contributed by atoms with van der Waals surface area (Å²) in [6, 6.07) is 0.313. The molecule has 1 aromatic carbocycles. The van der Waals surface area contributed by atoms with Gasteiger partial charge in [-0.05, 0) is 0 Å². The van der Waals surface area contributed by atoms with E-state index in [4.69, 9.17) is 15.6 Å². The van der Waals surface area contributed by atoms with Crippen molar-refractivity contribution in [2.75, 3.05) is 7.11 Å². The van der Waals surface area contributed by atoms with Crippen molar-refractivity contribution in [3.63, 3.8) is 0 Å². The Kier molecular flexibility index (Phi) is 3.49. The molecule has 0 spiro atoms. The van der Waals surface area contributed by atoms with E-state index >= 15 is 0 Å². The van der Waals surface area contributed by atoms with Crippen molar-refractivity contribution < 1.29 is 24.7 Å². The average molecular weight is 242 g/mol. The van der Waals surface area contributed by atoms with Crippen LogP contribution in [0.15, 0.2) is 12.1 Å². The number of phenolic OH excluding ortho intramolecular Hbond substituents is 1. The Bertz CT molecular complexity index is 473. The van der Waals surface area contributed by atoms with Crippen molar-refractivity contribution in [3.05, 3.63) is 27.8 Å². The number of aromatic hydroxyl groups is 1. The monoisotopic (exact) mass is 242 g/mol. The second kappa shape index (κ2) is 4.66. The molecule has 92 valence electrons. The van der Waals surface area contributed by atoms with Crippen molar-refractivity contribution >= 4 is 11.7 Å². The first kappa shape index (κ1) is 12.7. The van der Waals surface area contributed by atoms with Crippen LogP contribution in [-0.2, 0) is 4.79 Å². The first-order valence-electron chi connectivity index (χ1n) is 4.42. The molecule has 1 rings (SSSR count). The molecule has 17 heavy (non-hydrogen) atoms. The van der Waals surface area contributed by atoms with E-state index in [9.17, 15) is 20.0 Å². The van der Waals surface area contributed by atoms with Gasteiger partial charge >= 0.3 is 5.97 Å². The molecule has 0 heterocycles. The van der Waals surface area contributed by atoms with Crippen LogP contribution in [0.5, 0.6) is 11.5 Å². The zero-order valence-corrected chi connectivity index (χ0v) is 8.78. The minimum atomic E-state index is -1.57. The molecule has 0 unspecified atom stereocenters. The highest BCUT2D eigenvalue weighted by atomic mass is 16.6. The molecule has 1 aromatic rings. The van der Waals surface area contributed by atoms with Gasteiger partial charge in [-0.3, -0.25) is 14.9 Å². The fourth-order valence-corrected chi connectivity index (χ4v) is 1.25. The fraction of sp³-hybridized carbons (Fsp3) is 0.222. The highest BCUT2D eigenvalue weighted by Crippen LogP contribution is 2.37. The molecule has 0 saturated heterocycles. The molecule has 0 aliphatic rings. The van der Waals surface area contributed by atoms with E-state index in [1.165, 1.54) is 7.11 Å². The third kappa shape index (κ3) is 2.42. The Morgan fingerprint density at radius 2 is 2.18 bits per heavy atom. The van der Waals surface area contributed by atoms with Crippen molar-refractivity contribution in [3.8, 4) is 11.5 Å². The predicted molar refractivity (Wildman–Crippen MR) is 55.9 cm³/mol. The van der Waals surface area contributed by atoms with Crippen LogP contribution < -0.4 is 10.5 Å². The SMILES string of the molecule is COc1cc([N+](=O)[O-])cc([C@H](N)C(=O)O)c1O. The number of carboxylic acid groups (broad SMARTS) is 1. The molecule has 0 saturated carbocycles. The summed E-state index contributed by atoms with van der Waals surface area (Å²) in [5, 5.41) is 28.9. The van der Waals surface area contributed by atoms with Gasteiger partial charge in [-0.15, -0.1) is 0 Å². The number of benzene rings is 1. The first-order chi connectivity index (χ1) is 7.88. The van der Waals surface area contributed by atoms with Crippen LogP contribution in [0.1, 0.15) is 11.6 Å². The quantitative estimate of drug-likeness (QED) is 0.513. The molecule has 0 radical (unpaired) electrons. The van der Waals surface area contributed by atoms with Crippen LogP contribution in [-0.4, -0.2) is 28.2 Å². The Morgan fingerprint density at radius 1 is 1.59 bits per heavy atom. The molecule has 0 fully saturated rings. The number of methoxy groups -OCH3 is 1. The van der Waals surface area contributed by atoms with E-state index in [1.807, 2.05) is 0 Å². The number of nitro benzene ring substituents is 1. The zero-order valence-electron chi connectivity index (χ0n) is 8.78. The van der Waals surface area contributed by atoms with E-state index in [0.29, 0.717) is 0 Å². The summed E-state index contributed by atoms with van der Waals surface area (Å²) >= 11 is 0. The lowest BCUT2D eigenvalue weighted by Gasteiger charge is -2.11. The number of phenols is 1. The molecule has 0 aromatic heterocycles. The highest BCUT2D eigenvalue weighted by Gasteiger charge is 2.24. The minimum absolute atomic E-state index is 0.203. The summed E-state index contributed by atoms with van der Waals surface area (Å²) in [6.07, 6.45) is 0. The number of carboxylic acids is 1. The van der Waals surface area contributed by atoms with Crippen LogP contribution in [0.25, 0.3) is 0 Å². The van der Waals surface area contributed by atoms with Crippen LogP contribution in [0, 0.1) is 10.1 Å². The fourth-order valence-electron chi connectivity index (χ4n) is 1.25. The lowest BCUT2D eigenvalue weighted by atomic mass is 10.1. The normalized spacial score (nSPS) is 11.9. The van der Waals surface area contributed by atoms with E-state index in [-0.39, 0.29) is 11.3 Å². The molecular formula is C9H10N2O6. The second-order valence-corrected chi connectivity index (χ2v) is 3.16. The summed E-state index contributed by atoms with van der Waals surface area (Å²) in [5.74, 6) is -2.14. The Labute approximate surface area is 95.4 Å². The molecule has 0 amide bonds. The number of nitrogens with two attached hydrogens (primary N) is 1. The van der Waals surface area contributed by atoms with Gasteiger partial charge in [0.25, 0.3) is 5.69 Å². The third-order valence-electron chi connectivity index (χ3n) is 2.12. The van der Waals surface area contributed by atoms with Crippen LogP contribution in [0.3, 0.4) is 0 Å². The van der Waals surface area contributed by atoms with E-state index in [1.54, 1.807) is 0 Å². The van der Waals surface area contributed by atoms with Gasteiger partial charge in [-0.2, -0.15) is 0 Å². The summed E-state index contributed by atoms with van der Waals surface area (Å²) in [6.45, 7) is 0. The molecule has 4 N–H and O–H groups in total. The number of nitrogens with zero attached hydrogens (tertiary/aromatic N) is 1. The Balaban J connectivity index is 3.42. The molecule has 8 nitrogen and oxygen atoms in total. The van der Waals surface area contributed by atoms with Gasteiger partial charge in [0, 0.05) is 11.6 Å². The van der Waals surface area contributed by atoms with Crippen molar-refractivity contribution in [2.24, 2.45) is 5.73 Å². The summed E-state index contributed by atoms with van der Waals surface area (Å²) in [7, 11) is 1.19. The summed E-state index contributed by atoms with van der Waals surface area (Å²) in [5.41, 5.74) is 4.61. The molecule has 0 bridgehead atoms. The van der Waals surface area contributed by atoms with E-state index in [0.717, 1.165) is 12.1 Å². The number of hydrogen-bond acceptors (Lipinski definition) is 6. The Morgan fingerprint density at radius 3 is 2.59 bits per heavy atom. The first-order valence-corrected chi connectivity index (χ1v) is 4.42. The van der Waals surface area contributed by atoms with Crippen LogP contribution in [0.2, 0.25) is 0 Å². The highest BCUT2D eigenvalue weighted by molar-refractivity contribution is 5.77. The maximum atomic E-state index is 10.7. The average Bonchev–Trinajstić information content (AvgIpc) is 2.27.